The fraction of sp³-hybridized carbons (Fsp3) is 0.222. The van der Waals surface area contributed by atoms with Gasteiger partial charge in [0.15, 0.2) is 0 Å². The van der Waals surface area contributed by atoms with Crippen LogP contribution in [0.25, 0.3) is 11.0 Å². The van der Waals surface area contributed by atoms with Crippen LogP contribution in [0.3, 0.4) is 0 Å². The zero-order chi connectivity index (χ0) is 17.1. The molecule has 0 saturated carbocycles. The van der Waals surface area contributed by atoms with Crippen molar-refractivity contribution in [1.29, 1.82) is 0 Å². The summed E-state index contributed by atoms with van der Waals surface area (Å²) in [5, 5.41) is 13.8. The van der Waals surface area contributed by atoms with Crippen molar-refractivity contribution in [1.82, 2.24) is 9.88 Å². The number of aryl methyl sites for hydroxylation is 1. The van der Waals surface area contributed by atoms with Crippen molar-refractivity contribution < 1.29 is 14.3 Å². The molecule has 0 aliphatic rings. The molecule has 1 atom stereocenters. The van der Waals surface area contributed by atoms with Crippen LogP contribution < -0.4 is 10.9 Å². The van der Waals surface area contributed by atoms with Crippen LogP contribution in [-0.4, -0.2) is 22.1 Å². The Labute approximate surface area is 138 Å². The highest BCUT2D eigenvalue weighted by molar-refractivity contribution is 5.93. The number of furan rings is 1. The van der Waals surface area contributed by atoms with E-state index in [4.69, 9.17) is 4.42 Å². The number of fused-ring (bicyclic) bond motifs is 1. The number of benzene rings is 1. The Bertz CT molecular complexity index is 893. The Balaban J connectivity index is 1.60. The van der Waals surface area contributed by atoms with E-state index >= 15 is 0 Å². The average Bonchev–Trinajstić information content (AvgIpc) is 3.01. The van der Waals surface area contributed by atoms with Gasteiger partial charge in [-0.25, -0.2) is 0 Å². The Kier molecular flexibility index (Phi) is 4.48. The minimum atomic E-state index is -0.823. The molecule has 2 N–H and O–H groups in total. The van der Waals surface area contributed by atoms with E-state index in [9.17, 15) is 14.7 Å². The molecule has 0 radical (unpaired) electrons. The van der Waals surface area contributed by atoms with Crippen molar-refractivity contribution in [2.75, 3.05) is 6.54 Å². The van der Waals surface area contributed by atoms with E-state index in [1.54, 1.807) is 25.4 Å². The Morgan fingerprint density at radius 1 is 1.29 bits per heavy atom. The fourth-order valence-corrected chi connectivity index (χ4v) is 2.50. The first-order valence-electron chi connectivity index (χ1n) is 7.66. The van der Waals surface area contributed by atoms with Gasteiger partial charge in [-0.1, -0.05) is 18.2 Å². The predicted molar refractivity (Wildman–Crippen MR) is 89.8 cm³/mol. The van der Waals surface area contributed by atoms with Crippen molar-refractivity contribution in [3.05, 3.63) is 70.3 Å². The smallest absolute Gasteiger partial charge is 0.263 e. The van der Waals surface area contributed by atoms with Gasteiger partial charge in [0.25, 0.3) is 11.5 Å². The van der Waals surface area contributed by atoms with Gasteiger partial charge in [0.1, 0.15) is 23.0 Å². The van der Waals surface area contributed by atoms with Crippen molar-refractivity contribution >= 4 is 16.9 Å². The molecular weight excluding hydrogens is 308 g/mol. The van der Waals surface area contributed by atoms with Crippen molar-refractivity contribution in [3.8, 4) is 0 Å². The second-order valence-corrected chi connectivity index (χ2v) is 5.58. The molecule has 3 rings (SSSR count). The van der Waals surface area contributed by atoms with Crippen LogP contribution in [0.4, 0.5) is 0 Å². The molecule has 0 saturated heterocycles. The summed E-state index contributed by atoms with van der Waals surface area (Å²) in [5.74, 6) is 0.00841. The summed E-state index contributed by atoms with van der Waals surface area (Å²) < 4.78 is 6.94. The number of nitrogens with zero attached hydrogens (tertiary/aromatic N) is 1. The summed E-state index contributed by atoms with van der Waals surface area (Å²) in [7, 11) is 1.59. The van der Waals surface area contributed by atoms with Gasteiger partial charge >= 0.3 is 0 Å². The van der Waals surface area contributed by atoms with E-state index in [1.807, 2.05) is 24.3 Å². The molecule has 1 amide bonds. The van der Waals surface area contributed by atoms with Crippen LogP contribution in [0.5, 0.6) is 0 Å². The number of rotatable bonds is 5. The highest BCUT2D eigenvalue weighted by atomic mass is 16.4. The van der Waals surface area contributed by atoms with Crippen LogP contribution >= 0.6 is 0 Å². The number of aliphatic hydroxyl groups is 1. The third-order valence-electron chi connectivity index (χ3n) is 3.84. The number of aliphatic hydroxyl groups excluding tert-OH is 1. The molecule has 0 unspecified atom stereocenters. The molecule has 1 aromatic carbocycles. The van der Waals surface area contributed by atoms with Gasteiger partial charge in [0.2, 0.25) is 0 Å². The molecule has 0 bridgehead atoms. The highest BCUT2D eigenvalue weighted by Gasteiger charge is 2.15. The number of carbonyl (C=O) groups is 1. The molecule has 0 aliphatic heterocycles. The molecule has 124 valence electrons. The van der Waals surface area contributed by atoms with Gasteiger partial charge in [-0.2, -0.15) is 0 Å². The first-order valence-corrected chi connectivity index (χ1v) is 7.66. The van der Waals surface area contributed by atoms with E-state index in [1.165, 1.54) is 10.6 Å². The maximum Gasteiger partial charge on any atom is 0.263 e. The summed E-state index contributed by atoms with van der Waals surface area (Å²) in [6.07, 6.45) is 1.06. The number of hydrogen-bond donors (Lipinski definition) is 2. The Morgan fingerprint density at radius 2 is 2.08 bits per heavy atom. The van der Waals surface area contributed by atoms with Gasteiger partial charge in [0.05, 0.1) is 0 Å². The lowest BCUT2D eigenvalue weighted by molar-refractivity contribution is 0.0934. The standard InChI is InChI=1S/C18H18N2O4/c1-20-10-4-6-13(18(20)23)17(22)19-9-8-14(21)16-11-12-5-2-3-7-15(12)24-16/h2-7,10-11,14,21H,8-9H2,1H3,(H,19,22)/t14-/m1/s1. The number of amides is 1. The molecule has 3 aromatic rings. The minimum absolute atomic E-state index is 0.0817. The zero-order valence-corrected chi connectivity index (χ0v) is 13.2. The number of aromatic nitrogens is 1. The largest absolute Gasteiger partial charge is 0.458 e. The van der Waals surface area contributed by atoms with Gasteiger partial charge in [-0.05, 0) is 30.7 Å². The van der Waals surface area contributed by atoms with Crippen LogP contribution in [0.15, 0.2) is 57.9 Å². The molecule has 0 aliphatic carbocycles. The quantitative estimate of drug-likeness (QED) is 0.751. The third-order valence-corrected chi connectivity index (χ3v) is 3.84. The second kappa shape index (κ2) is 6.72. The normalized spacial score (nSPS) is 12.2. The van der Waals surface area contributed by atoms with Crippen molar-refractivity contribution in [2.45, 2.75) is 12.5 Å². The minimum Gasteiger partial charge on any atom is -0.458 e. The summed E-state index contributed by atoms with van der Waals surface area (Å²) in [6.45, 7) is 0.231. The van der Waals surface area contributed by atoms with Gasteiger partial charge < -0.3 is 19.4 Å². The van der Waals surface area contributed by atoms with Crippen molar-refractivity contribution in [2.24, 2.45) is 7.05 Å². The zero-order valence-electron chi connectivity index (χ0n) is 13.2. The van der Waals surface area contributed by atoms with E-state index in [-0.39, 0.29) is 17.7 Å². The maximum absolute atomic E-state index is 12.0. The number of carbonyl (C=O) groups excluding carboxylic acids is 1. The number of nitrogens with one attached hydrogen (secondary N) is 1. The molecule has 24 heavy (non-hydrogen) atoms. The molecule has 6 heteroatoms. The molecule has 0 spiro atoms. The monoisotopic (exact) mass is 326 g/mol. The van der Waals surface area contributed by atoms with E-state index in [2.05, 4.69) is 5.32 Å². The number of hydrogen-bond acceptors (Lipinski definition) is 4. The van der Waals surface area contributed by atoms with Crippen molar-refractivity contribution in [3.63, 3.8) is 0 Å². The lowest BCUT2D eigenvalue weighted by atomic mass is 10.1. The van der Waals surface area contributed by atoms with Gasteiger partial charge in [-0.15, -0.1) is 0 Å². The summed E-state index contributed by atoms with van der Waals surface area (Å²) >= 11 is 0. The van der Waals surface area contributed by atoms with Gasteiger partial charge in [-0.3, -0.25) is 9.59 Å². The molecule has 2 heterocycles. The molecule has 0 fully saturated rings. The molecule has 6 nitrogen and oxygen atoms in total. The molecule has 2 aromatic heterocycles. The first kappa shape index (κ1) is 16.0. The average molecular weight is 326 g/mol. The summed E-state index contributed by atoms with van der Waals surface area (Å²) in [4.78, 5) is 23.9. The fourth-order valence-electron chi connectivity index (χ4n) is 2.50. The number of para-hydroxylation sites is 1. The topological polar surface area (TPSA) is 84.5 Å². The molecular formula is C18H18N2O4. The predicted octanol–water partition coefficient (Wildman–Crippen LogP) is 1.98. The van der Waals surface area contributed by atoms with E-state index < -0.39 is 12.0 Å². The van der Waals surface area contributed by atoms with E-state index in [0.717, 1.165) is 5.39 Å². The maximum atomic E-state index is 12.0. The van der Waals surface area contributed by atoms with Crippen LogP contribution in [-0.2, 0) is 7.05 Å². The summed E-state index contributed by atoms with van der Waals surface area (Å²) in [5.41, 5.74) is 0.439. The van der Waals surface area contributed by atoms with Crippen LogP contribution in [0.1, 0.15) is 28.6 Å². The SMILES string of the molecule is Cn1cccc(C(=O)NCC[C@@H](O)c2cc3ccccc3o2)c1=O. The van der Waals surface area contributed by atoms with Crippen LogP contribution in [0, 0.1) is 0 Å². The lowest BCUT2D eigenvalue weighted by Crippen LogP contribution is -2.32. The Hall–Kier alpha value is -2.86. The number of pyridine rings is 1. The second-order valence-electron chi connectivity index (χ2n) is 5.58. The highest BCUT2D eigenvalue weighted by Crippen LogP contribution is 2.25. The summed E-state index contributed by atoms with van der Waals surface area (Å²) in [6, 6.07) is 12.4. The Morgan fingerprint density at radius 3 is 2.88 bits per heavy atom. The van der Waals surface area contributed by atoms with E-state index in [0.29, 0.717) is 17.8 Å². The van der Waals surface area contributed by atoms with Gasteiger partial charge in [0, 0.05) is 25.2 Å². The lowest BCUT2D eigenvalue weighted by Gasteiger charge is -2.09. The first-order chi connectivity index (χ1) is 11.6. The van der Waals surface area contributed by atoms with Crippen LogP contribution in [0.2, 0.25) is 0 Å². The third kappa shape index (κ3) is 3.23.